The SMILES string of the molecule is CN(C(=O)C1CNc2ccccc2O1)C(C)(C)CO. The van der Waals surface area contributed by atoms with Crippen molar-refractivity contribution < 1.29 is 14.6 Å². The molecule has 0 spiro atoms. The van der Waals surface area contributed by atoms with Gasteiger partial charge in [-0.15, -0.1) is 0 Å². The molecule has 2 N–H and O–H groups in total. The molecule has 0 fully saturated rings. The summed E-state index contributed by atoms with van der Waals surface area (Å²) >= 11 is 0. The van der Waals surface area contributed by atoms with Gasteiger partial charge in [0, 0.05) is 7.05 Å². The number of carbonyl (C=O) groups excluding carboxylic acids is 1. The molecule has 0 aromatic heterocycles. The third-order valence-corrected chi connectivity index (χ3v) is 3.54. The summed E-state index contributed by atoms with van der Waals surface area (Å²) in [5, 5.41) is 12.5. The lowest BCUT2D eigenvalue weighted by Crippen LogP contribution is -2.54. The zero-order chi connectivity index (χ0) is 14.0. The first-order chi connectivity index (χ1) is 8.95. The molecule has 0 bridgehead atoms. The van der Waals surface area contributed by atoms with Gasteiger partial charge in [0.05, 0.1) is 24.4 Å². The highest BCUT2D eigenvalue weighted by Crippen LogP contribution is 2.29. The van der Waals surface area contributed by atoms with E-state index < -0.39 is 11.6 Å². The van der Waals surface area contributed by atoms with Gasteiger partial charge < -0.3 is 20.1 Å². The predicted octanol–water partition coefficient (Wildman–Crippen LogP) is 1.09. The van der Waals surface area contributed by atoms with Crippen LogP contribution in [-0.2, 0) is 4.79 Å². The molecule has 104 valence electrons. The number of aliphatic hydroxyl groups is 1. The van der Waals surface area contributed by atoms with Gasteiger partial charge in [-0.1, -0.05) is 12.1 Å². The highest BCUT2D eigenvalue weighted by Gasteiger charge is 2.34. The van der Waals surface area contributed by atoms with Gasteiger partial charge >= 0.3 is 0 Å². The number of fused-ring (bicyclic) bond motifs is 1. The van der Waals surface area contributed by atoms with Crippen molar-refractivity contribution in [1.82, 2.24) is 4.90 Å². The molecule has 2 rings (SSSR count). The van der Waals surface area contributed by atoms with Gasteiger partial charge in [-0.05, 0) is 26.0 Å². The summed E-state index contributed by atoms with van der Waals surface area (Å²) in [6.07, 6.45) is -0.564. The number of likely N-dealkylation sites (N-methyl/N-ethyl adjacent to an activating group) is 1. The average Bonchev–Trinajstić information content (AvgIpc) is 2.45. The van der Waals surface area contributed by atoms with Gasteiger partial charge in [0.25, 0.3) is 5.91 Å². The molecule has 1 aromatic carbocycles. The van der Waals surface area contributed by atoms with Crippen LogP contribution in [0.1, 0.15) is 13.8 Å². The molecule has 1 atom stereocenters. The van der Waals surface area contributed by atoms with Crippen LogP contribution in [0.4, 0.5) is 5.69 Å². The highest BCUT2D eigenvalue weighted by atomic mass is 16.5. The zero-order valence-corrected chi connectivity index (χ0v) is 11.5. The van der Waals surface area contributed by atoms with Gasteiger partial charge in [0.1, 0.15) is 5.75 Å². The number of hydrogen-bond donors (Lipinski definition) is 2. The fourth-order valence-electron chi connectivity index (χ4n) is 1.87. The van der Waals surface area contributed by atoms with E-state index in [1.54, 1.807) is 7.05 Å². The van der Waals surface area contributed by atoms with Gasteiger partial charge in [0.2, 0.25) is 0 Å². The second kappa shape index (κ2) is 5.09. The number of amides is 1. The molecular weight excluding hydrogens is 244 g/mol. The number of nitrogens with one attached hydrogen (secondary N) is 1. The molecule has 1 aliphatic rings. The quantitative estimate of drug-likeness (QED) is 0.858. The maximum Gasteiger partial charge on any atom is 0.265 e. The minimum absolute atomic E-state index is 0.0913. The fourth-order valence-corrected chi connectivity index (χ4v) is 1.87. The number of para-hydroxylation sites is 2. The van der Waals surface area contributed by atoms with Crippen molar-refractivity contribution in [2.45, 2.75) is 25.5 Å². The van der Waals surface area contributed by atoms with E-state index in [0.29, 0.717) is 12.3 Å². The van der Waals surface area contributed by atoms with E-state index in [2.05, 4.69) is 5.32 Å². The molecule has 5 heteroatoms. The number of benzene rings is 1. The number of carbonyl (C=O) groups is 1. The van der Waals surface area contributed by atoms with Crippen molar-refractivity contribution in [1.29, 1.82) is 0 Å². The first kappa shape index (κ1) is 13.7. The molecular formula is C14H20N2O3. The molecule has 1 heterocycles. The summed E-state index contributed by atoms with van der Waals surface area (Å²) in [6, 6.07) is 7.53. The molecule has 19 heavy (non-hydrogen) atoms. The van der Waals surface area contributed by atoms with Crippen molar-refractivity contribution in [3.05, 3.63) is 24.3 Å². The molecule has 1 unspecified atom stereocenters. The molecule has 1 amide bonds. The summed E-state index contributed by atoms with van der Waals surface area (Å²) in [4.78, 5) is 13.9. The summed E-state index contributed by atoms with van der Waals surface area (Å²) in [7, 11) is 1.68. The molecule has 0 aliphatic carbocycles. The van der Waals surface area contributed by atoms with E-state index in [-0.39, 0.29) is 12.5 Å². The summed E-state index contributed by atoms with van der Waals surface area (Å²) in [6.45, 7) is 3.97. The smallest absolute Gasteiger partial charge is 0.265 e. The van der Waals surface area contributed by atoms with Crippen molar-refractivity contribution in [2.75, 3.05) is 25.5 Å². The van der Waals surface area contributed by atoms with Gasteiger partial charge in [-0.2, -0.15) is 0 Å². The minimum Gasteiger partial charge on any atom is -0.477 e. The molecule has 1 aliphatic heterocycles. The fraction of sp³-hybridized carbons (Fsp3) is 0.500. The lowest BCUT2D eigenvalue weighted by Gasteiger charge is -2.37. The Kier molecular flexibility index (Phi) is 3.66. The van der Waals surface area contributed by atoms with Crippen molar-refractivity contribution >= 4 is 11.6 Å². The normalized spacial score (nSPS) is 18.0. The van der Waals surface area contributed by atoms with Crippen LogP contribution in [0.3, 0.4) is 0 Å². The van der Waals surface area contributed by atoms with E-state index in [4.69, 9.17) is 4.74 Å². The number of rotatable bonds is 3. The Morgan fingerprint density at radius 2 is 2.21 bits per heavy atom. The second-order valence-corrected chi connectivity index (χ2v) is 5.35. The lowest BCUT2D eigenvalue weighted by atomic mass is 10.0. The molecule has 5 nitrogen and oxygen atoms in total. The third-order valence-electron chi connectivity index (χ3n) is 3.54. The number of nitrogens with zero attached hydrogens (tertiary/aromatic N) is 1. The standard InChI is InChI=1S/C14H20N2O3/c1-14(2,9-17)16(3)13(18)12-8-15-10-6-4-5-7-11(10)19-12/h4-7,12,15,17H,8-9H2,1-3H3. The van der Waals surface area contributed by atoms with Gasteiger partial charge in [0.15, 0.2) is 6.10 Å². The minimum atomic E-state index is -0.600. The van der Waals surface area contributed by atoms with Gasteiger partial charge in [-0.3, -0.25) is 4.79 Å². The Balaban J connectivity index is 2.11. The number of anilines is 1. The van der Waals surface area contributed by atoms with Crippen LogP contribution in [0.25, 0.3) is 0 Å². The topological polar surface area (TPSA) is 61.8 Å². The van der Waals surface area contributed by atoms with E-state index in [1.807, 2.05) is 38.1 Å². The van der Waals surface area contributed by atoms with Crippen molar-refractivity contribution in [3.8, 4) is 5.75 Å². The van der Waals surface area contributed by atoms with E-state index in [1.165, 1.54) is 4.90 Å². The van der Waals surface area contributed by atoms with Crippen LogP contribution in [0.15, 0.2) is 24.3 Å². The Labute approximate surface area is 113 Å². The Bertz CT molecular complexity index is 474. The van der Waals surface area contributed by atoms with E-state index >= 15 is 0 Å². The maximum atomic E-state index is 12.4. The Hall–Kier alpha value is -1.75. The highest BCUT2D eigenvalue weighted by molar-refractivity contribution is 5.83. The Morgan fingerprint density at radius 3 is 2.89 bits per heavy atom. The second-order valence-electron chi connectivity index (χ2n) is 5.35. The summed E-state index contributed by atoms with van der Waals surface area (Å²) in [5.41, 5.74) is 0.299. The number of ether oxygens (including phenoxy) is 1. The van der Waals surface area contributed by atoms with Crippen LogP contribution >= 0.6 is 0 Å². The summed E-state index contributed by atoms with van der Waals surface area (Å²) < 4.78 is 5.72. The van der Waals surface area contributed by atoms with Crippen LogP contribution < -0.4 is 10.1 Å². The molecule has 1 aromatic rings. The first-order valence-corrected chi connectivity index (χ1v) is 6.34. The number of aliphatic hydroxyl groups excluding tert-OH is 1. The Morgan fingerprint density at radius 1 is 1.53 bits per heavy atom. The first-order valence-electron chi connectivity index (χ1n) is 6.34. The molecule has 0 saturated heterocycles. The third kappa shape index (κ3) is 2.66. The molecule has 0 radical (unpaired) electrons. The van der Waals surface area contributed by atoms with Gasteiger partial charge in [-0.25, -0.2) is 0 Å². The monoisotopic (exact) mass is 264 g/mol. The maximum absolute atomic E-state index is 12.4. The van der Waals surface area contributed by atoms with Crippen LogP contribution in [0, 0.1) is 0 Å². The summed E-state index contributed by atoms with van der Waals surface area (Å²) in [5.74, 6) is 0.545. The van der Waals surface area contributed by atoms with Crippen LogP contribution in [0.5, 0.6) is 5.75 Å². The average molecular weight is 264 g/mol. The van der Waals surface area contributed by atoms with Crippen molar-refractivity contribution in [3.63, 3.8) is 0 Å². The lowest BCUT2D eigenvalue weighted by molar-refractivity contribution is -0.143. The van der Waals surface area contributed by atoms with E-state index in [0.717, 1.165) is 5.69 Å². The largest absolute Gasteiger partial charge is 0.477 e. The van der Waals surface area contributed by atoms with Crippen molar-refractivity contribution in [2.24, 2.45) is 0 Å². The van der Waals surface area contributed by atoms with Crippen LogP contribution in [-0.4, -0.2) is 47.8 Å². The van der Waals surface area contributed by atoms with Crippen LogP contribution in [0.2, 0.25) is 0 Å². The zero-order valence-electron chi connectivity index (χ0n) is 11.5. The molecule has 0 saturated carbocycles. The predicted molar refractivity (Wildman–Crippen MR) is 73.3 cm³/mol. The van der Waals surface area contributed by atoms with E-state index in [9.17, 15) is 9.90 Å². The number of hydrogen-bond acceptors (Lipinski definition) is 4.